The van der Waals surface area contributed by atoms with Crippen molar-refractivity contribution in [2.75, 3.05) is 11.1 Å². The second-order valence-electron chi connectivity index (χ2n) is 4.02. The second kappa shape index (κ2) is 5.17. The largest absolute Gasteiger partial charge is 0.416 e. The van der Waals surface area contributed by atoms with Crippen molar-refractivity contribution in [1.82, 2.24) is 4.98 Å². The van der Waals surface area contributed by atoms with Crippen LogP contribution in [-0.2, 0) is 12.7 Å². The number of rotatable bonds is 3. The van der Waals surface area contributed by atoms with Crippen LogP contribution in [0, 0.1) is 0 Å². The first-order valence-electron chi connectivity index (χ1n) is 5.56. The molecule has 3 N–H and O–H groups in total. The van der Waals surface area contributed by atoms with Crippen LogP contribution in [0.2, 0.25) is 0 Å². The molecule has 19 heavy (non-hydrogen) atoms. The van der Waals surface area contributed by atoms with E-state index in [9.17, 15) is 13.2 Å². The summed E-state index contributed by atoms with van der Waals surface area (Å²) in [5, 5.41) is 2.87. The number of anilines is 2. The van der Waals surface area contributed by atoms with Crippen LogP contribution in [0.25, 0.3) is 0 Å². The summed E-state index contributed by atoms with van der Waals surface area (Å²) >= 11 is 0. The first kappa shape index (κ1) is 13.2. The zero-order chi connectivity index (χ0) is 13.9. The van der Waals surface area contributed by atoms with Crippen LogP contribution in [0.4, 0.5) is 24.5 Å². The van der Waals surface area contributed by atoms with Gasteiger partial charge in [-0.15, -0.1) is 0 Å². The van der Waals surface area contributed by atoms with Gasteiger partial charge in [0.05, 0.1) is 23.1 Å². The summed E-state index contributed by atoms with van der Waals surface area (Å²) < 4.78 is 38.3. The first-order valence-corrected chi connectivity index (χ1v) is 5.56. The molecule has 0 aliphatic rings. The SMILES string of the molecule is Nc1cncc(NCc2ccccc2C(F)(F)F)c1. The molecule has 0 unspecified atom stereocenters. The highest BCUT2D eigenvalue weighted by atomic mass is 19.4. The van der Waals surface area contributed by atoms with Crippen LogP contribution in [0.15, 0.2) is 42.7 Å². The van der Waals surface area contributed by atoms with Gasteiger partial charge in [-0.3, -0.25) is 4.98 Å². The topological polar surface area (TPSA) is 50.9 Å². The summed E-state index contributed by atoms with van der Waals surface area (Å²) in [4.78, 5) is 3.86. The molecule has 100 valence electrons. The fourth-order valence-electron chi connectivity index (χ4n) is 1.70. The molecule has 0 aliphatic carbocycles. The van der Waals surface area contributed by atoms with E-state index in [1.54, 1.807) is 12.1 Å². The van der Waals surface area contributed by atoms with Crippen molar-refractivity contribution in [3.63, 3.8) is 0 Å². The molecule has 0 saturated heterocycles. The quantitative estimate of drug-likeness (QED) is 0.897. The minimum Gasteiger partial charge on any atom is -0.397 e. The fourth-order valence-corrected chi connectivity index (χ4v) is 1.70. The van der Waals surface area contributed by atoms with Crippen molar-refractivity contribution in [2.24, 2.45) is 0 Å². The van der Waals surface area contributed by atoms with Gasteiger partial charge in [-0.2, -0.15) is 13.2 Å². The molecule has 0 amide bonds. The number of hydrogen-bond acceptors (Lipinski definition) is 3. The first-order chi connectivity index (χ1) is 8.97. The number of pyridine rings is 1. The van der Waals surface area contributed by atoms with Gasteiger partial charge in [0.1, 0.15) is 0 Å². The van der Waals surface area contributed by atoms with Gasteiger partial charge in [0.2, 0.25) is 0 Å². The van der Waals surface area contributed by atoms with Crippen molar-refractivity contribution in [3.8, 4) is 0 Å². The van der Waals surface area contributed by atoms with Gasteiger partial charge in [0.15, 0.2) is 0 Å². The molecule has 0 aliphatic heterocycles. The third-order valence-corrected chi connectivity index (χ3v) is 2.57. The lowest BCUT2D eigenvalue weighted by Gasteiger charge is -2.13. The second-order valence-corrected chi connectivity index (χ2v) is 4.02. The predicted octanol–water partition coefficient (Wildman–Crippen LogP) is 3.29. The molecule has 1 aromatic carbocycles. The van der Waals surface area contributed by atoms with E-state index in [2.05, 4.69) is 10.3 Å². The lowest BCUT2D eigenvalue weighted by molar-refractivity contribution is -0.138. The van der Waals surface area contributed by atoms with Gasteiger partial charge in [0.25, 0.3) is 0 Å². The van der Waals surface area contributed by atoms with Crippen LogP contribution >= 0.6 is 0 Å². The monoisotopic (exact) mass is 267 g/mol. The molecule has 1 heterocycles. The summed E-state index contributed by atoms with van der Waals surface area (Å²) in [6, 6.07) is 7.06. The van der Waals surface area contributed by atoms with E-state index < -0.39 is 11.7 Å². The molecule has 3 nitrogen and oxygen atoms in total. The average molecular weight is 267 g/mol. The number of nitrogens with zero attached hydrogens (tertiary/aromatic N) is 1. The highest BCUT2D eigenvalue weighted by Crippen LogP contribution is 2.32. The van der Waals surface area contributed by atoms with Gasteiger partial charge >= 0.3 is 6.18 Å². The van der Waals surface area contributed by atoms with Crippen LogP contribution in [-0.4, -0.2) is 4.98 Å². The summed E-state index contributed by atoms with van der Waals surface area (Å²) in [5.74, 6) is 0. The minimum atomic E-state index is -4.35. The molecule has 1 aromatic heterocycles. The smallest absolute Gasteiger partial charge is 0.397 e. The number of nitrogens with two attached hydrogens (primary N) is 1. The third kappa shape index (κ3) is 3.37. The zero-order valence-electron chi connectivity index (χ0n) is 9.91. The Hall–Kier alpha value is -2.24. The Labute approximate surface area is 108 Å². The van der Waals surface area contributed by atoms with Crippen molar-refractivity contribution in [3.05, 3.63) is 53.9 Å². The molecular weight excluding hydrogens is 255 g/mol. The van der Waals surface area contributed by atoms with Crippen LogP contribution in [0.1, 0.15) is 11.1 Å². The predicted molar refractivity (Wildman–Crippen MR) is 67.4 cm³/mol. The molecule has 0 radical (unpaired) electrons. The Morgan fingerprint density at radius 2 is 1.89 bits per heavy atom. The van der Waals surface area contributed by atoms with E-state index in [4.69, 9.17) is 5.73 Å². The molecule has 0 fully saturated rings. The highest BCUT2D eigenvalue weighted by molar-refractivity contribution is 5.51. The van der Waals surface area contributed by atoms with E-state index in [0.29, 0.717) is 11.4 Å². The minimum absolute atomic E-state index is 0.0564. The number of aromatic nitrogens is 1. The van der Waals surface area contributed by atoms with Gasteiger partial charge < -0.3 is 11.1 Å². The van der Waals surface area contributed by atoms with Crippen molar-refractivity contribution in [2.45, 2.75) is 12.7 Å². The van der Waals surface area contributed by atoms with Crippen molar-refractivity contribution in [1.29, 1.82) is 0 Å². The number of hydrogen-bond donors (Lipinski definition) is 2. The van der Waals surface area contributed by atoms with Crippen LogP contribution < -0.4 is 11.1 Å². The van der Waals surface area contributed by atoms with E-state index in [0.717, 1.165) is 6.07 Å². The van der Waals surface area contributed by atoms with Gasteiger partial charge in [-0.1, -0.05) is 18.2 Å². The summed E-state index contributed by atoms with van der Waals surface area (Å²) in [6.07, 6.45) is -1.38. The van der Waals surface area contributed by atoms with Crippen molar-refractivity contribution < 1.29 is 13.2 Å². The highest BCUT2D eigenvalue weighted by Gasteiger charge is 2.32. The third-order valence-electron chi connectivity index (χ3n) is 2.57. The molecule has 0 spiro atoms. The van der Waals surface area contributed by atoms with E-state index in [1.807, 2.05) is 0 Å². The molecular formula is C13H12F3N3. The maximum atomic E-state index is 12.8. The van der Waals surface area contributed by atoms with Gasteiger partial charge in [-0.05, 0) is 17.7 Å². The lowest BCUT2D eigenvalue weighted by Crippen LogP contribution is -2.11. The number of nitrogen functional groups attached to an aromatic ring is 1. The fraction of sp³-hybridized carbons (Fsp3) is 0.154. The molecule has 0 saturated carbocycles. The lowest BCUT2D eigenvalue weighted by atomic mass is 10.1. The van der Waals surface area contributed by atoms with E-state index >= 15 is 0 Å². The van der Waals surface area contributed by atoms with E-state index in [1.165, 1.54) is 24.5 Å². The zero-order valence-corrected chi connectivity index (χ0v) is 9.91. The maximum Gasteiger partial charge on any atom is 0.416 e. The Bertz CT molecular complexity index is 567. The Morgan fingerprint density at radius 3 is 2.58 bits per heavy atom. The Balaban J connectivity index is 2.16. The maximum absolute atomic E-state index is 12.8. The number of alkyl halides is 3. The number of benzene rings is 1. The Kier molecular flexibility index (Phi) is 3.59. The number of halogens is 3. The molecule has 6 heteroatoms. The van der Waals surface area contributed by atoms with Crippen molar-refractivity contribution >= 4 is 11.4 Å². The molecule has 2 rings (SSSR count). The summed E-state index contributed by atoms with van der Waals surface area (Å²) in [7, 11) is 0. The average Bonchev–Trinajstić information content (AvgIpc) is 2.36. The standard InChI is InChI=1S/C13H12F3N3/c14-13(15,16)12-4-2-1-3-9(12)6-19-11-5-10(17)7-18-8-11/h1-5,7-8,19H,6,17H2. The molecule has 0 atom stereocenters. The molecule has 0 bridgehead atoms. The summed E-state index contributed by atoms with van der Waals surface area (Å²) in [6.45, 7) is 0.0564. The molecule has 2 aromatic rings. The van der Waals surface area contributed by atoms with E-state index in [-0.39, 0.29) is 12.1 Å². The number of nitrogens with one attached hydrogen (secondary N) is 1. The Morgan fingerprint density at radius 1 is 1.16 bits per heavy atom. The van der Waals surface area contributed by atoms with Gasteiger partial charge in [-0.25, -0.2) is 0 Å². The van der Waals surface area contributed by atoms with Crippen LogP contribution in [0.5, 0.6) is 0 Å². The van der Waals surface area contributed by atoms with Gasteiger partial charge in [0, 0.05) is 12.7 Å². The normalized spacial score (nSPS) is 11.3. The summed E-state index contributed by atoms with van der Waals surface area (Å²) in [5.41, 5.74) is 6.12. The van der Waals surface area contributed by atoms with Crippen LogP contribution in [0.3, 0.4) is 0 Å².